The number of benzene rings is 1. The number of halogens is 1. The van der Waals surface area contributed by atoms with E-state index in [1.54, 1.807) is 13.3 Å². The average molecular weight is 408 g/mol. The minimum atomic E-state index is 0.337. The summed E-state index contributed by atoms with van der Waals surface area (Å²) < 4.78 is 7.27. The Morgan fingerprint density at radius 2 is 2.03 bits per heavy atom. The highest BCUT2D eigenvalue weighted by atomic mass is 35.5. The molecule has 0 fully saturated rings. The Kier molecular flexibility index (Phi) is 6.32. The van der Waals surface area contributed by atoms with Gasteiger partial charge in [-0.15, -0.1) is 0 Å². The van der Waals surface area contributed by atoms with Crippen LogP contribution in [0, 0.1) is 32.1 Å². The third-order valence-corrected chi connectivity index (χ3v) is 4.90. The van der Waals surface area contributed by atoms with Gasteiger partial charge >= 0.3 is 0 Å². The standard InChI is InChI=1S/C22H22ClN5O/c1-14-9-18(13-29-4)19(11-24)22(26-14)27-25-12-17-10-15(2)28(16(17)3)21-8-6-5-7-20(21)23/h5-10,12H,13H2,1-4H3,(H,26,27)/b25-12-. The fourth-order valence-electron chi connectivity index (χ4n) is 3.30. The monoisotopic (exact) mass is 407 g/mol. The fraction of sp³-hybridized carbons (Fsp3) is 0.227. The second kappa shape index (κ2) is 8.91. The lowest BCUT2D eigenvalue weighted by Crippen LogP contribution is -2.04. The number of para-hydroxylation sites is 1. The number of pyridine rings is 1. The molecule has 1 N–H and O–H groups in total. The lowest BCUT2D eigenvalue weighted by Gasteiger charge is -2.11. The predicted octanol–water partition coefficient (Wildman–Crippen LogP) is 4.92. The van der Waals surface area contributed by atoms with Crippen LogP contribution in [0.4, 0.5) is 5.82 Å². The molecule has 29 heavy (non-hydrogen) atoms. The molecule has 0 saturated heterocycles. The van der Waals surface area contributed by atoms with Crippen molar-refractivity contribution >= 4 is 23.6 Å². The number of hydrogen-bond acceptors (Lipinski definition) is 5. The van der Waals surface area contributed by atoms with Gasteiger partial charge < -0.3 is 9.30 Å². The Hall–Kier alpha value is -3.14. The molecule has 0 atom stereocenters. The molecular formula is C22H22ClN5O. The highest BCUT2D eigenvalue weighted by Crippen LogP contribution is 2.26. The van der Waals surface area contributed by atoms with Crippen molar-refractivity contribution in [3.63, 3.8) is 0 Å². The molecule has 148 valence electrons. The summed E-state index contributed by atoms with van der Waals surface area (Å²) in [4.78, 5) is 4.40. The van der Waals surface area contributed by atoms with Crippen LogP contribution in [-0.4, -0.2) is 22.9 Å². The lowest BCUT2D eigenvalue weighted by atomic mass is 10.1. The van der Waals surface area contributed by atoms with Crippen molar-refractivity contribution in [3.8, 4) is 11.8 Å². The van der Waals surface area contributed by atoms with E-state index in [0.717, 1.165) is 33.9 Å². The van der Waals surface area contributed by atoms with Crippen LogP contribution in [0.2, 0.25) is 5.02 Å². The normalized spacial score (nSPS) is 11.0. The summed E-state index contributed by atoms with van der Waals surface area (Å²) in [5, 5.41) is 14.5. The third kappa shape index (κ3) is 4.32. The maximum absolute atomic E-state index is 9.52. The van der Waals surface area contributed by atoms with E-state index >= 15 is 0 Å². The Morgan fingerprint density at radius 1 is 1.28 bits per heavy atom. The van der Waals surface area contributed by atoms with Gasteiger partial charge in [0.15, 0.2) is 5.82 Å². The molecule has 3 rings (SSSR count). The van der Waals surface area contributed by atoms with E-state index in [9.17, 15) is 5.26 Å². The topological polar surface area (TPSA) is 75.2 Å². The predicted molar refractivity (Wildman–Crippen MR) is 116 cm³/mol. The van der Waals surface area contributed by atoms with Crippen LogP contribution in [0.15, 0.2) is 41.5 Å². The molecule has 2 heterocycles. The fourth-order valence-corrected chi connectivity index (χ4v) is 3.52. The number of hydrazone groups is 1. The van der Waals surface area contributed by atoms with Gasteiger partial charge in [0.2, 0.25) is 0 Å². The van der Waals surface area contributed by atoms with E-state index in [1.807, 2.05) is 57.2 Å². The first kappa shape index (κ1) is 20.6. The first-order valence-electron chi connectivity index (χ1n) is 9.08. The molecule has 0 aliphatic carbocycles. The number of ether oxygens (including phenoxy) is 1. The summed E-state index contributed by atoms with van der Waals surface area (Å²) in [5.74, 6) is 0.413. The van der Waals surface area contributed by atoms with Gasteiger partial charge in [0.25, 0.3) is 0 Å². The van der Waals surface area contributed by atoms with Gasteiger partial charge in [-0.3, -0.25) is 5.43 Å². The molecule has 0 bridgehead atoms. The van der Waals surface area contributed by atoms with E-state index in [1.165, 1.54) is 0 Å². The van der Waals surface area contributed by atoms with Crippen molar-refractivity contribution in [3.05, 3.63) is 75.2 Å². The molecule has 0 spiro atoms. The molecule has 1 aromatic carbocycles. The quantitative estimate of drug-likeness (QED) is 0.465. The third-order valence-electron chi connectivity index (χ3n) is 4.58. The van der Waals surface area contributed by atoms with Crippen molar-refractivity contribution in [2.24, 2.45) is 5.10 Å². The van der Waals surface area contributed by atoms with Crippen molar-refractivity contribution < 1.29 is 4.74 Å². The van der Waals surface area contributed by atoms with Crippen molar-refractivity contribution in [2.45, 2.75) is 27.4 Å². The number of nitrogens with one attached hydrogen (secondary N) is 1. The van der Waals surface area contributed by atoms with Crippen molar-refractivity contribution in [1.82, 2.24) is 9.55 Å². The summed E-state index contributed by atoms with van der Waals surface area (Å²) in [7, 11) is 1.59. The zero-order valence-electron chi connectivity index (χ0n) is 16.8. The number of hydrogen-bond donors (Lipinski definition) is 1. The first-order valence-corrected chi connectivity index (χ1v) is 9.46. The van der Waals surface area contributed by atoms with Crippen LogP contribution >= 0.6 is 11.6 Å². The summed E-state index contributed by atoms with van der Waals surface area (Å²) >= 11 is 6.37. The minimum Gasteiger partial charge on any atom is -0.380 e. The van der Waals surface area contributed by atoms with Gasteiger partial charge in [-0.1, -0.05) is 23.7 Å². The van der Waals surface area contributed by atoms with Gasteiger partial charge in [-0.2, -0.15) is 10.4 Å². The second-order valence-electron chi connectivity index (χ2n) is 6.67. The molecule has 6 nitrogen and oxygen atoms in total. The Labute approximate surface area is 175 Å². The second-order valence-corrected chi connectivity index (χ2v) is 7.08. The highest BCUT2D eigenvalue weighted by molar-refractivity contribution is 6.32. The van der Waals surface area contributed by atoms with Crippen molar-refractivity contribution in [1.29, 1.82) is 5.26 Å². The van der Waals surface area contributed by atoms with Crippen LogP contribution in [-0.2, 0) is 11.3 Å². The molecule has 0 radical (unpaired) electrons. The van der Waals surface area contributed by atoms with Crippen LogP contribution < -0.4 is 5.43 Å². The molecule has 0 aliphatic heterocycles. The van der Waals surface area contributed by atoms with Crippen LogP contribution in [0.5, 0.6) is 0 Å². The van der Waals surface area contributed by atoms with Crippen LogP contribution in [0.1, 0.15) is 33.8 Å². The molecule has 0 saturated carbocycles. The Balaban J connectivity index is 1.90. The summed E-state index contributed by atoms with van der Waals surface area (Å²) in [6.07, 6.45) is 1.72. The van der Waals surface area contributed by atoms with Gasteiger partial charge in [-0.25, -0.2) is 4.98 Å². The zero-order chi connectivity index (χ0) is 21.0. The molecule has 2 aromatic heterocycles. The number of aryl methyl sites for hydroxylation is 2. The Morgan fingerprint density at radius 3 is 2.72 bits per heavy atom. The van der Waals surface area contributed by atoms with E-state index in [-0.39, 0.29) is 0 Å². The maximum atomic E-state index is 9.52. The first-order chi connectivity index (χ1) is 14.0. The van der Waals surface area contributed by atoms with E-state index in [4.69, 9.17) is 16.3 Å². The maximum Gasteiger partial charge on any atom is 0.164 e. The molecule has 0 aliphatic rings. The van der Waals surface area contributed by atoms with Crippen LogP contribution in [0.25, 0.3) is 5.69 Å². The molecule has 0 amide bonds. The SMILES string of the molecule is COCc1cc(C)nc(N/N=C\c2cc(C)n(-c3ccccc3Cl)c2C)c1C#N. The molecule has 0 unspecified atom stereocenters. The molecule has 7 heteroatoms. The number of aromatic nitrogens is 2. The number of anilines is 1. The van der Waals surface area contributed by atoms with Gasteiger partial charge in [0, 0.05) is 35.3 Å². The summed E-state index contributed by atoms with van der Waals surface area (Å²) in [6, 6.07) is 13.8. The van der Waals surface area contributed by atoms with Gasteiger partial charge in [-0.05, 0) is 45.0 Å². The lowest BCUT2D eigenvalue weighted by molar-refractivity contribution is 0.184. The highest BCUT2D eigenvalue weighted by Gasteiger charge is 2.13. The van der Waals surface area contributed by atoms with Crippen LogP contribution in [0.3, 0.4) is 0 Å². The minimum absolute atomic E-state index is 0.337. The van der Waals surface area contributed by atoms with E-state index < -0.39 is 0 Å². The molecular weight excluding hydrogens is 386 g/mol. The number of methoxy groups -OCH3 is 1. The van der Waals surface area contributed by atoms with Gasteiger partial charge in [0.05, 0.1) is 23.5 Å². The van der Waals surface area contributed by atoms with E-state index in [2.05, 4.69) is 26.1 Å². The van der Waals surface area contributed by atoms with Gasteiger partial charge in [0.1, 0.15) is 11.6 Å². The van der Waals surface area contributed by atoms with E-state index in [0.29, 0.717) is 23.0 Å². The van der Waals surface area contributed by atoms with Crippen molar-refractivity contribution in [2.75, 3.05) is 12.5 Å². The average Bonchev–Trinajstić information content (AvgIpc) is 2.96. The largest absolute Gasteiger partial charge is 0.380 e. The summed E-state index contributed by atoms with van der Waals surface area (Å²) in [6.45, 7) is 6.24. The summed E-state index contributed by atoms with van der Waals surface area (Å²) in [5.41, 5.74) is 8.82. The number of nitriles is 1. The number of nitrogens with zero attached hydrogens (tertiary/aromatic N) is 4. The number of rotatable bonds is 6. The molecule has 3 aromatic rings. The zero-order valence-corrected chi connectivity index (χ0v) is 17.6. The smallest absolute Gasteiger partial charge is 0.164 e. The Bertz CT molecular complexity index is 1110.